The Kier molecular flexibility index (Phi) is 4.10. The number of aromatic nitrogens is 2. The normalized spacial score (nSPS) is 11.1. The van der Waals surface area contributed by atoms with Crippen LogP contribution in [0.5, 0.6) is 0 Å². The van der Waals surface area contributed by atoms with Crippen molar-refractivity contribution in [1.82, 2.24) is 9.97 Å². The fourth-order valence-corrected chi connectivity index (χ4v) is 3.52. The fourth-order valence-electron chi connectivity index (χ4n) is 3.52. The number of fused-ring (bicyclic) bond motifs is 2. The van der Waals surface area contributed by atoms with E-state index < -0.39 is 0 Å². The lowest BCUT2D eigenvalue weighted by atomic mass is 10.1. The van der Waals surface area contributed by atoms with Gasteiger partial charge in [0.25, 0.3) is 5.91 Å². The molecule has 0 spiro atoms. The first-order valence-corrected chi connectivity index (χ1v) is 9.53. The number of benzene rings is 4. The number of aryl methyl sites for hydroxylation is 1. The Hall–Kier alpha value is -3.92. The SMILES string of the molecule is Cc1ccc(-c2nc3ccccc3[nH]2)cc1NC(=O)c1ccc2ccccc2c1. The number of para-hydroxylation sites is 2. The molecule has 5 aromatic rings. The molecule has 0 aliphatic rings. The van der Waals surface area contributed by atoms with Crippen LogP contribution in [0.25, 0.3) is 33.2 Å². The van der Waals surface area contributed by atoms with Gasteiger partial charge in [0.1, 0.15) is 5.82 Å². The second-order valence-corrected chi connectivity index (χ2v) is 7.15. The van der Waals surface area contributed by atoms with Crippen LogP contribution < -0.4 is 5.32 Å². The number of carbonyl (C=O) groups excluding carboxylic acids is 1. The van der Waals surface area contributed by atoms with Gasteiger partial charge < -0.3 is 10.3 Å². The summed E-state index contributed by atoms with van der Waals surface area (Å²) in [7, 11) is 0. The minimum atomic E-state index is -0.124. The van der Waals surface area contributed by atoms with Crippen LogP contribution in [0.15, 0.2) is 84.9 Å². The molecule has 0 bridgehead atoms. The summed E-state index contributed by atoms with van der Waals surface area (Å²) < 4.78 is 0. The molecule has 4 nitrogen and oxygen atoms in total. The van der Waals surface area contributed by atoms with Gasteiger partial charge in [-0.15, -0.1) is 0 Å². The maximum absolute atomic E-state index is 12.9. The minimum absolute atomic E-state index is 0.124. The standard InChI is InChI=1S/C25H19N3O/c1-16-10-11-19(24-26-21-8-4-5-9-22(21)27-24)15-23(16)28-25(29)20-13-12-17-6-2-3-7-18(17)14-20/h2-15H,1H3,(H,26,27)(H,28,29). The first-order chi connectivity index (χ1) is 14.2. The molecule has 0 saturated heterocycles. The zero-order chi connectivity index (χ0) is 19.8. The Balaban J connectivity index is 1.47. The van der Waals surface area contributed by atoms with Crippen LogP contribution in [0.2, 0.25) is 0 Å². The van der Waals surface area contributed by atoms with E-state index in [2.05, 4.69) is 15.3 Å². The summed E-state index contributed by atoms with van der Waals surface area (Å²) in [6.07, 6.45) is 0. The van der Waals surface area contributed by atoms with E-state index in [0.29, 0.717) is 5.56 Å². The first kappa shape index (κ1) is 17.2. The van der Waals surface area contributed by atoms with E-state index in [9.17, 15) is 4.79 Å². The molecular weight excluding hydrogens is 358 g/mol. The van der Waals surface area contributed by atoms with E-state index in [1.807, 2.05) is 91.9 Å². The monoisotopic (exact) mass is 377 g/mol. The topological polar surface area (TPSA) is 57.8 Å². The second kappa shape index (κ2) is 6.91. The maximum Gasteiger partial charge on any atom is 0.255 e. The highest BCUT2D eigenvalue weighted by atomic mass is 16.1. The van der Waals surface area contributed by atoms with E-state index in [1.165, 1.54) is 0 Å². The quantitative estimate of drug-likeness (QED) is 0.408. The predicted octanol–water partition coefficient (Wildman–Crippen LogP) is 5.94. The van der Waals surface area contributed by atoms with Crippen molar-refractivity contribution in [2.75, 3.05) is 5.32 Å². The Morgan fingerprint density at radius 1 is 0.862 bits per heavy atom. The van der Waals surface area contributed by atoms with Crippen molar-refractivity contribution in [3.8, 4) is 11.4 Å². The lowest BCUT2D eigenvalue weighted by Crippen LogP contribution is -2.12. The fraction of sp³-hybridized carbons (Fsp3) is 0.0400. The van der Waals surface area contributed by atoms with Crippen LogP contribution in [0.1, 0.15) is 15.9 Å². The number of aromatic amines is 1. The molecule has 0 saturated carbocycles. The van der Waals surface area contributed by atoms with E-state index in [4.69, 9.17) is 0 Å². The number of carbonyl (C=O) groups is 1. The Morgan fingerprint density at radius 2 is 1.66 bits per heavy atom. The molecule has 5 rings (SSSR count). The van der Waals surface area contributed by atoms with Gasteiger partial charge in [0.15, 0.2) is 0 Å². The molecule has 0 radical (unpaired) electrons. The van der Waals surface area contributed by atoms with Crippen molar-refractivity contribution in [3.63, 3.8) is 0 Å². The molecule has 0 aliphatic carbocycles. The number of hydrogen-bond acceptors (Lipinski definition) is 2. The third kappa shape index (κ3) is 3.25. The number of hydrogen-bond donors (Lipinski definition) is 2. The van der Waals surface area contributed by atoms with Crippen LogP contribution in [0.3, 0.4) is 0 Å². The van der Waals surface area contributed by atoms with Gasteiger partial charge >= 0.3 is 0 Å². The van der Waals surface area contributed by atoms with Gasteiger partial charge in [0, 0.05) is 16.8 Å². The van der Waals surface area contributed by atoms with Crippen LogP contribution >= 0.6 is 0 Å². The van der Waals surface area contributed by atoms with Gasteiger partial charge in [-0.3, -0.25) is 4.79 Å². The summed E-state index contributed by atoms with van der Waals surface area (Å²) in [6, 6.07) is 27.7. The van der Waals surface area contributed by atoms with Gasteiger partial charge in [-0.1, -0.05) is 54.6 Å². The van der Waals surface area contributed by atoms with E-state index >= 15 is 0 Å². The highest BCUT2D eigenvalue weighted by molar-refractivity contribution is 6.07. The molecule has 0 unspecified atom stereocenters. The third-order valence-electron chi connectivity index (χ3n) is 5.16. The van der Waals surface area contributed by atoms with Gasteiger partial charge in [-0.2, -0.15) is 0 Å². The molecule has 1 amide bonds. The van der Waals surface area contributed by atoms with Crippen molar-refractivity contribution in [2.24, 2.45) is 0 Å². The smallest absolute Gasteiger partial charge is 0.255 e. The molecule has 0 fully saturated rings. The average molecular weight is 377 g/mol. The zero-order valence-electron chi connectivity index (χ0n) is 15.9. The molecule has 2 N–H and O–H groups in total. The number of imidazole rings is 1. The Labute approximate surface area is 168 Å². The lowest BCUT2D eigenvalue weighted by Gasteiger charge is -2.10. The minimum Gasteiger partial charge on any atom is -0.338 e. The highest BCUT2D eigenvalue weighted by Crippen LogP contribution is 2.26. The molecule has 29 heavy (non-hydrogen) atoms. The molecule has 4 heteroatoms. The summed E-state index contributed by atoms with van der Waals surface area (Å²) in [5.41, 5.74) is 5.26. The van der Waals surface area contributed by atoms with Gasteiger partial charge in [0.05, 0.1) is 11.0 Å². The van der Waals surface area contributed by atoms with Gasteiger partial charge in [0.2, 0.25) is 0 Å². The van der Waals surface area contributed by atoms with E-state index in [0.717, 1.165) is 44.4 Å². The lowest BCUT2D eigenvalue weighted by molar-refractivity contribution is 0.102. The summed E-state index contributed by atoms with van der Waals surface area (Å²) in [5, 5.41) is 5.22. The van der Waals surface area contributed by atoms with Crippen molar-refractivity contribution in [2.45, 2.75) is 6.92 Å². The van der Waals surface area contributed by atoms with Crippen LogP contribution in [-0.4, -0.2) is 15.9 Å². The Morgan fingerprint density at radius 3 is 2.52 bits per heavy atom. The van der Waals surface area contributed by atoms with Crippen molar-refractivity contribution < 1.29 is 4.79 Å². The summed E-state index contributed by atoms with van der Waals surface area (Å²) in [5.74, 6) is 0.660. The molecular formula is C25H19N3O. The molecule has 140 valence electrons. The molecule has 0 aliphatic heterocycles. The third-order valence-corrected chi connectivity index (χ3v) is 5.16. The van der Waals surface area contributed by atoms with E-state index in [1.54, 1.807) is 0 Å². The molecule has 4 aromatic carbocycles. The van der Waals surface area contributed by atoms with Crippen LogP contribution in [0.4, 0.5) is 5.69 Å². The van der Waals surface area contributed by atoms with Crippen molar-refractivity contribution >= 4 is 33.4 Å². The Bertz CT molecular complexity index is 1330. The number of anilines is 1. The summed E-state index contributed by atoms with van der Waals surface area (Å²) in [4.78, 5) is 20.9. The second-order valence-electron chi connectivity index (χ2n) is 7.15. The zero-order valence-corrected chi connectivity index (χ0v) is 15.9. The molecule has 1 heterocycles. The average Bonchev–Trinajstić information content (AvgIpc) is 3.19. The van der Waals surface area contributed by atoms with Gasteiger partial charge in [-0.05, 0) is 53.6 Å². The van der Waals surface area contributed by atoms with Crippen molar-refractivity contribution in [3.05, 3.63) is 96.1 Å². The molecule has 1 aromatic heterocycles. The summed E-state index contributed by atoms with van der Waals surface area (Å²) in [6.45, 7) is 1.98. The maximum atomic E-state index is 12.9. The van der Waals surface area contributed by atoms with Crippen LogP contribution in [0, 0.1) is 6.92 Å². The number of H-pyrrole nitrogens is 1. The van der Waals surface area contributed by atoms with Crippen LogP contribution in [-0.2, 0) is 0 Å². The predicted molar refractivity (Wildman–Crippen MR) is 118 cm³/mol. The molecule has 0 atom stereocenters. The number of nitrogens with one attached hydrogen (secondary N) is 2. The number of amides is 1. The van der Waals surface area contributed by atoms with Crippen molar-refractivity contribution in [1.29, 1.82) is 0 Å². The van der Waals surface area contributed by atoms with E-state index in [-0.39, 0.29) is 5.91 Å². The summed E-state index contributed by atoms with van der Waals surface area (Å²) >= 11 is 0. The number of nitrogens with zero attached hydrogens (tertiary/aromatic N) is 1. The van der Waals surface area contributed by atoms with Gasteiger partial charge in [-0.25, -0.2) is 4.98 Å². The number of rotatable bonds is 3. The first-order valence-electron chi connectivity index (χ1n) is 9.53. The largest absolute Gasteiger partial charge is 0.338 e. The highest BCUT2D eigenvalue weighted by Gasteiger charge is 2.11.